The highest BCUT2D eigenvalue weighted by molar-refractivity contribution is 7.92. The fraction of sp³-hybridized carbons (Fsp3) is 0.400. The molecule has 2 aromatic rings. The molecule has 1 aromatic carbocycles. The summed E-state index contributed by atoms with van der Waals surface area (Å²) in [5.74, 6) is -0.795. The van der Waals surface area contributed by atoms with Crippen LogP contribution in [0, 0.1) is 0 Å². The molecule has 1 saturated heterocycles. The Morgan fingerprint density at radius 2 is 1.96 bits per heavy atom. The van der Waals surface area contributed by atoms with Gasteiger partial charge in [-0.3, -0.25) is 4.98 Å². The van der Waals surface area contributed by atoms with E-state index in [2.05, 4.69) is 4.98 Å². The van der Waals surface area contributed by atoms with Gasteiger partial charge in [0.2, 0.25) is 10.0 Å². The number of likely N-dealkylation sites (N-methyl/N-ethyl adjacent to an activating group) is 1. The molecule has 1 fully saturated rings. The zero-order chi connectivity index (χ0) is 17.5. The van der Waals surface area contributed by atoms with E-state index >= 15 is 0 Å². The minimum Gasteiger partial charge on any atom is -0.390 e. The standard InChI is InChI=1S/C15H18N2O5S2/c1-2-17(12-9-23(19,20)10-13(12)18)24(21,22)14-7-3-5-11-6-4-8-16-15(11)14/h3-8,12-13,18H,2,9-10H2,1H3/t12-,13-/m1/s1. The second kappa shape index (κ2) is 6.07. The van der Waals surface area contributed by atoms with Crippen LogP contribution in [-0.2, 0) is 19.9 Å². The maximum Gasteiger partial charge on any atom is 0.245 e. The summed E-state index contributed by atoms with van der Waals surface area (Å²) in [6, 6.07) is 7.31. The quantitative estimate of drug-likeness (QED) is 0.835. The number of pyridine rings is 1. The predicted octanol–water partition coefficient (Wildman–Crippen LogP) is 0.403. The van der Waals surface area contributed by atoms with Crippen molar-refractivity contribution in [2.24, 2.45) is 0 Å². The lowest BCUT2D eigenvalue weighted by atomic mass is 10.2. The number of aromatic nitrogens is 1. The molecule has 24 heavy (non-hydrogen) atoms. The number of sulfone groups is 1. The van der Waals surface area contributed by atoms with Crippen LogP contribution in [0.2, 0.25) is 0 Å². The highest BCUT2D eigenvalue weighted by atomic mass is 32.2. The van der Waals surface area contributed by atoms with Crippen molar-refractivity contribution < 1.29 is 21.9 Å². The van der Waals surface area contributed by atoms with E-state index in [1.54, 1.807) is 31.2 Å². The molecule has 1 aliphatic heterocycles. The van der Waals surface area contributed by atoms with Crippen molar-refractivity contribution in [3.05, 3.63) is 36.5 Å². The largest absolute Gasteiger partial charge is 0.390 e. The fourth-order valence-electron chi connectivity index (χ4n) is 3.08. The zero-order valence-electron chi connectivity index (χ0n) is 13.0. The van der Waals surface area contributed by atoms with Crippen LogP contribution in [0.4, 0.5) is 0 Å². The first-order valence-corrected chi connectivity index (χ1v) is 10.8. The number of para-hydroxylation sites is 1. The number of rotatable bonds is 4. The number of aliphatic hydroxyl groups excluding tert-OH is 1. The topological polar surface area (TPSA) is 105 Å². The van der Waals surface area contributed by atoms with Crippen molar-refractivity contribution in [2.45, 2.75) is 24.0 Å². The van der Waals surface area contributed by atoms with Gasteiger partial charge in [-0.1, -0.05) is 25.1 Å². The van der Waals surface area contributed by atoms with Gasteiger partial charge in [0.25, 0.3) is 0 Å². The smallest absolute Gasteiger partial charge is 0.245 e. The van der Waals surface area contributed by atoms with Crippen molar-refractivity contribution in [1.82, 2.24) is 9.29 Å². The third kappa shape index (κ3) is 2.92. The van der Waals surface area contributed by atoms with Gasteiger partial charge in [0, 0.05) is 18.1 Å². The molecule has 9 heteroatoms. The van der Waals surface area contributed by atoms with Crippen LogP contribution >= 0.6 is 0 Å². The van der Waals surface area contributed by atoms with Gasteiger partial charge in [0.05, 0.1) is 29.2 Å². The van der Waals surface area contributed by atoms with Crippen LogP contribution in [0.25, 0.3) is 10.9 Å². The Hall–Kier alpha value is -1.55. The van der Waals surface area contributed by atoms with E-state index in [0.29, 0.717) is 10.9 Å². The second-order valence-electron chi connectivity index (χ2n) is 5.75. The Balaban J connectivity index is 2.11. The van der Waals surface area contributed by atoms with Crippen molar-refractivity contribution in [2.75, 3.05) is 18.1 Å². The first-order chi connectivity index (χ1) is 11.3. The SMILES string of the molecule is CCN([C@@H]1CS(=O)(=O)C[C@H]1O)S(=O)(=O)c1cccc2cccnc12. The molecule has 1 aromatic heterocycles. The molecule has 0 spiro atoms. The lowest BCUT2D eigenvalue weighted by Gasteiger charge is -2.28. The summed E-state index contributed by atoms with van der Waals surface area (Å²) in [7, 11) is -7.45. The van der Waals surface area contributed by atoms with E-state index in [-0.39, 0.29) is 17.2 Å². The molecular formula is C15H18N2O5S2. The number of fused-ring (bicyclic) bond motifs is 1. The number of sulfonamides is 1. The van der Waals surface area contributed by atoms with Gasteiger partial charge < -0.3 is 5.11 Å². The zero-order valence-corrected chi connectivity index (χ0v) is 14.7. The number of nitrogens with zero attached hydrogens (tertiary/aromatic N) is 2. The maximum absolute atomic E-state index is 13.1. The minimum atomic E-state index is -4.00. The van der Waals surface area contributed by atoms with Gasteiger partial charge in [0.1, 0.15) is 4.90 Å². The summed E-state index contributed by atoms with van der Waals surface area (Å²) >= 11 is 0. The number of hydrogen-bond donors (Lipinski definition) is 1. The summed E-state index contributed by atoms with van der Waals surface area (Å²) in [5.41, 5.74) is 0.328. The molecule has 1 N–H and O–H groups in total. The van der Waals surface area contributed by atoms with Crippen molar-refractivity contribution in [3.63, 3.8) is 0 Å². The fourth-order valence-corrected chi connectivity index (χ4v) is 6.80. The summed E-state index contributed by atoms with van der Waals surface area (Å²) in [6.07, 6.45) is 0.277. The number of benzene rings is 1. The van der Waals surface area contributed by atoms with Crippen LogP contribution in [-0.4, -0.2) is 61.4 Å². The summed E-state index contributed by atoms with van der Waals surface area (Å²) in [5, 5.41) is 10.7. The van der Waals surface area contributed by atoms with Crippen LogP contribution < -0.4 is 0 Å². The average Bonchev–Trinajstić information content (AvgIpc) is 2.80. The van der Waals surface area contributed by atoms with Gasteiger partial charge >= 0.3 is 0 Å². The molecule has 0 bridgehead atoms. The summed E-state index contributed by atoms with van der Waals surface area (Å²) in [6.45, 7) is 1.68. The average molecular weight is 370 g/mol. The lowest BCUT2D eigenvalue weighted by molar-refractivity contribution is 0.130. The van der Waals surface area contributed by atoms with Gasteiger partial charge in [-0.05, 0) is 12.1 Å². The van der Waals surface area contributed by atoms with Crippen molar-refractivity contribution in [1.29, 1.82) is 0 Å². The van der Waals surface area contributed by atoms with Crippen LogP contribution in [0.3, 0.4) is 0 Å². The van der Waals surface area contributed by atoms with E-state index in [0.717, 1.165) is 4.31 Å². The monoisotopic (exact) mass is 370 g/mol. The first kappa shape index (κ1) is 17.3. The Bertz CT molecular complexity index is 967. The third-order valence-corrected chi connectivity index (χ3v) is 7.89. The Kier molecular flexibility index (Phi) is 4.37. The molecule has 1 aliphatic rings. The molecule has 130 valence electrons. The minimum absolute atomic E-state index is 0.0129. The third-order valence-electron chi connectivity index (χ3n) is 4.16. The van der Waals surface area contributed by atoms with E-state index in [1.165, 1.54) is 12.3 Å². The molecule has 0 aliphatic carbocycles. The van der Waals surface area contributed by atoms with E-state index in [4.69, 9.17) is 0 Å². The molecular weight excluding hydrogens is 352 g/mol. The molecule has 0 radical (unpaired) electrons. The van der Waals surface area contributed by atoms with Gasteiger partial charge in [-0.15, -0.1) is 0 Å². The van der Waals surface area contributed by atoms with Crippen molar-refractivity contribution in [3.8, 4) is 0 Å². The Morgan fingerprint density at radius 3 is 2.58 bits per heavy atom. The molecule has 2 atom stereocenters. The van der Waals surface area contributed by atoms with E-state index in [9.17, 15) is 21.9 Å². The second-order valence-corrected chi connectivity index (χ2v) is 9.76. The Labute approximate surface area is 140 Å². The van der Waals surface area contributed by atoms with Crippen LogP contribution in [0.5, 0.6) is 0 Å². The van der Waals surface area contributed by atoms with E-state index < -0.39 is 37.8 Å². The predicted molar refractivity (Wildman–Crippen MR) is 89.8 cm³/mol. The molecule has 0 unspecified atom stereocenters. The van der Waals surface area contributed by atoms with Gasteiger partial charge in [-0.25, -0.2) is 16.8 Å². The lowest BCUT2D eigenvalue weighted by Crippen LogP contribution is -2.46. The highest BCUT2D eigenvalue weighted by Gasteiger charge is 2.44. The first-order valence-electron chi connectivity index (χ1n) is 7.50. The molecule has 3 rings (SSSR count). The molecule has 7 nitrogen and oxygen atoms in total. The molecule has 0 amide bonds. The molecule has 2 heterocycles. The van der Waals surface area contributed by atoms with E-state index in [1.807, 2.05) is 0 Å². The number of aliphatic hydroxyl groups is 1. The normalized spacial score (nSPS) is 23.8. The summed E-state index contributed by atoms with van der Waals surface area (Å²) < 4.78 is 50.8. The van der Waals surface area contributed by atoms with Crippen molar-refractivity contribution >= 4 is 30.8 Å². The van der Waals surface area contributed by atoms with Gasteiger partial charge in [-0.2, -0.15) is 4.31 Å². The van der Waals surface area contributed by atoms with Gasteiger partial charge in [0.15, 0.2) is 9.84 Å². The highest BCUT2D eigenvalue weighted by Crippen LogP contribution is 2.28. The Morgan fingerprint density at radius 1 is 1.25 bits per heavy atom. The number of hydrogen-bond acceptors (Lipinski definition) is 6. The summed E-state index contributed by atoms with van der Waals surface area (Å²) in [4.78, 5) is 4.16. The van der Waals surface area contributed by atoms with Crippen LogP contribution in [0.15, 0.2) is 41.4 Å². The molecule has 0 saturated carbocycles. The van der Waals surface area contributed by atoms with Crippen LogP contribution in [0.1, 0.15) is 6.92 Å². The maximum atomic E-state index is 13.1.